The van der Waals surface area contributed by atoms with Crippen molar-refractivity contribution in [1.29, 1.82) is 0 Å². The maximum Gasteiger partial charge on any atom is 0.338 e. The second kappa shape index (κ2) is 9.43. The highest BCUT2D eigenvalue weighted by atomic mass is 16.5. The van der Waals surface area contributed by atoms with Crippen LogP contribution in [0.5, 0.6) is 0 Å². The van der Waals surface area contributed by atoms with Crippen molar-refractivity contribution in [1.82, 2.24) is 9.97 Å². The summed E-state index contributed by atoms with van der Waals surface area (Å²) in [7, 11) is 0. The third-order valence-corrected chi connectivity index (χ3v) is 6.29. The van der Waals surface area contributed by atoms with Gasteiger partial charge in [-0.05, 0) is 53.1 Å². The van der Waals surface area contributed by atoms with Crippen LogP contribution in [0.4, 0.5) is 0 Å². The number of fused-ring (bicyclic) bond motifs is 2. The summed E-state index contributed by atoms with van der Waals surface area (Å²) in [6, 6.07) is 35.8. The van der Waals surface area contributed by atoms with Crippen molar-refractivity contribution in [3.05, 3.63) is 133 Å². The monoisotopic (exact) mass is 466 g/mol. The van der Waals surface area contributed by atoms with Crippen LogP contribution in [0.1, 0.15) is 15.9 Å². The molecule has 6 aromatic rings. The first-order chi connectivity index (χ1) is 17.7. The van der Waals surface area contributed by atoms with Gasteiger partial charge in [-0.15, -0.1) is 0 Å². The van der Waals surface area contributed by atoms with E-state index in [0.29, 0.717) is 5.56 Å². The van der Waals surface area contributed by atoms with Crippen LogP contribution in [0.3, 0.4) is 0 Å². The molecule has 2 aromatic heterocycles. The number of carbonyl (C=O) groups is 1. The van der Waals surface area contributed by atoms with Crippen molar-refractivity contribution < 1.29 is 9.53 Å². The van der Waals surface area contributed by atoms with E-state index in [0.717, 1.165) is 49.6 Å². The lowest BCUT2D eigenvalue weighted by Crippen LogP contribution is -2.05. The van der Waals surface area contributed by atoms with Crippen LogP contribution in [-0.2, 0) is 11.3 Å². The fourth-order valence-electron chi connectivity index (χ4n) is 4.28. The molecule has 0 unspecified atom stereocenters. The predicted molar refractivity (Wildman–Crippen MR) is 143 cm³/mol. The zero-order valence-electron chi connectivity index (χ0n) is 19.5. The van der Waals surface area contributed by atoms with Gasteiger partial charge in [-0.1, -0.05) is 72.8 Å². The molecule has 6 rings (SSSR count). The largest absolute Gasteiger partial charge is 0.457 e. The molecule has 36 heavy (non-hydrogen) atoms. The average molecular weight is 467 g/mol. The summed E-state index contributed by atoms with van der Waals surface area (Å²) in [6.07, 6.45) is 3.74. The van der Waals surface area contributed by atoms with Crippen LogP contribution in [0.2, 0.25) is 0 Å². The summed E-state index contributed by atoms with van der Waals surface area (Å²) < 4.78 is 5.56. The SMILES string of the molecule is O=C(OCc1ccc(-c2cnc3ccccc3c2)cc1)c1ccc(-c2cnc3ccccc3c2)cc1. The molecule has 4 heteroatoms. The van der Waals surface area contributed by atoms with Gasteiger partial charge < -0.3 is 4.74 Å². The van der Waals surface area contributed by atoms with Gasteiger partial charge in [0.1, 0.15) is 6.61 Å². The Morgan fingerprint density at radius 2 is 1.08 bits per heavy atom. The van der Waals surface area contributed by atoms with Crippen molar-refractivity contribution in [2.75, 3.05) is 0 Å². The summed E-state index contributed by atoms with van der Waals surface area (Å²) in [6.45, 7) is 0.214. The van der Waals surface area contributed by atoms with E-state index in [2.05, 4.69) is 28.2 Å². The molecule has 0 fully saturated rings. The number of hydrogen-bond donors (Lipinski definition) is 0. The molecule has 0 radical (unpaired) electrons. The van der Waals surface area contributed by atoms with Crippen molar-refractivity contribution >= 4 is 27.8 Å². The second-order valence-electron chi connectivity index (χ2n) is 8.68. The molecule has 0 amide bonds. The Morgan fingerprint density at radius 1 is 0.583 bits per heavy atom. The highest BCUT2D eigenvalue weighted by Gasteiger charge is 2.09. The lowest BCUT2D eigenvalue weighted by molar-refractivity contribution is 0.0473. The van der Waals surface area contributed by atoms with Crippen molar-refractivity contribution in [2.24, 2.45) is 0 Å². The highest BCUT2D eigenvalue weighted by Crippen LogP contribution is 2.25. The molecule has 0 aliphatic heterocycles. The number of para-hydroxylation sites is 2. The molecule has 0 spiro atoms. The summed E-state index contributed by atoms with van der Waals surface area (Å²) in [5.41, 5.74) is 7.53. The van der Waals surface area contributed by atoms with E-state index in [1.54, 1.807) is 12.1 Å². The summed E-state index contributed by atoms with van der Waals surface area (Å²) >= 11 is 0. The average Bonchev–Trinajstić information content (AvgIpc) is 2.96. The second-order valence-corrected chi connectivity index (χ2v) is 8.68. The van der Waals surface area contributed by atoms with Crippen LogP contribution >= 0.6 is 0 Å². The molecule has 0 atom stereocenters. The molecule has 2 heterocycles. The quantitative estimate of drug-likeness (QED) is 0.247. The zero-order valence-corrected chi connectivity index (χ0v) is 19.5. The maximum atomic E-state index is 12.6. The van der Waals surface area contributed by atoms with E-state index in [1.165, 1.54) is 0 Å². The van der Waals surface area contributed by atoms with E-state index in [1.807, 2.05) is 91.3 Å². The fraction of sp³-hybridized carbons (Fsp3) is 0.0312. The number of esters is 1. The standard InChI is InChI=1S/C32H22N2O2/c35-32(25-15-13-24(14-16-25)29-18-27-6-2-4-8-31(27)34-20-29)36-21-22-9-11-23(12-10-22)28-17-26-5-1-3-7-30(26)33-19-28/h1-20H,21H2. The molecule has 4 nitrogen and oxygen atoms in total. The fourth-order valence-corrected chi connectivity index (χ4v) is 4.28. The molecule has 0 saturated carbocycles. The van der Waals surface area contributed by atoms with E-state index in [-0.39, 0.29) is 12.6 Å². The summed E-state index contributed by atoms with van der Waals surface area (Å²) in [4.78, 5) is 21.7. The molecule has 0 bridgehead atoms. The first-order valence-electron chi connectivity index (χ1n) is 11.8. The van der Waals surface area contributed by atoms with Crippen LogP contribution < -0.4 is 0 Å². The first kappa shape index (κ1) is 21.7. The predicted octanol–water partition coefficient (Wildman–Crippen LogP) is 7.47. The Balaban J connectivity index is 1.11. The molecule has 0 N–H and O–H groups in total. The molecule has 0 aliphatic rings. The minimum absolute atomic E-state index is 0.214. The molecular formula is C32H22N2O2. The first-order valence-corrected chi connectivity index (χ1v) is 11.8. The number of hydrogen-bond acceptors (Lipinski definition) is 4. The number of benzene rings is 4. The number of rotatable bonds is 5. The van der Waals surface area contributed by atoms with Gasteiger partial charge in [0.15, 0.2) is 0 Å². The van der Waals surface area contributed by atoms with Crippen LogP contribution in [0.15, 0.2) is 122 Å². The van der Waals surface area contributed by atoms with Gasteiger partial charge in [-0.3, -0.25) is 9.97 Å². The normalized spacial score (nSPS) is 11.0. The zero-order chi connectivity index (χ0) is 24.3. The minimum atomic E-state index is -0.346. The Morgan fingerprint density at radius 3 is 1.64 bits per heavy atom. The molecule has 0 aliphatic carbocycles. The van der Waals surface area contributed by atoms with Crippen molar-refractivity contribution in [3.8, 4) is 22.3 Å². The smallest absolute Gasteiger partial charge is 0.338 e. The maximum absolute atomic E-state index is 12.6. The lowest BCUT2D eigenvalue weighted by atomic mass is 10.0. The highest BCUT2D eigenvalue weighted by molar-refractivity contribution is 5.90. The van der Waals surface area contributed by atoms with Gasteiger partial charge in [-0.25, -0.2) is 4.79 Å². The van der Waals surface area contributed by atoms with Gasteiger partial charge in [0, 0.05) is 34.3 Å². The van der Waals surface area contributed by atoms with Gasteiger partial charge in [0.05, 0.1) is 16.6 Å². The van der Waals surface area contributed by atoms with Crippen LogP contribution in [0, 0.1) is 0 Å². The van der Waals surface area contributed by atoms with Gasteiger partial charge in [0.25, 0.3) is 0 Å². The van der Waals surface area contributed by atoms with Crippen molar-refractivity contribution in [2.45, 2.75) is 6.61 Å². The van der Waals surface area contributed by atoms with Gasteiger partial charge in [-0.2, -0.15) is 0 Å². The number of ether oxygens (including phenoxy) is 1. The molecule has 4 aromatic carbocycles. The number of aromatic nitrogens is 2. The van der Waals surface area contributed by atoms with Gasteiger partial charge >= 0.3 is 5.97 Å². The number of nitrogens with zero attached hydrogens (tertiary/aromatic N) is 2. The van der Waals surface area contributed by atoms with E-state index in [9.17, 15) is 4.79 Å². The molecule has 172 valence electrons. The van der Waals surface area contributed by atoms with E-state index >= 15 is 0 Å². The summed E-state index contributed by atoms with van der Waals surface area (Å²) in [5.74, 6) is -0.346. The molecule has 0 saturated heterocycles. The number of pyridine rings is 2. The summed E-state index contributed by atoms with van der Waals surface area (Å²) in [5, 5.41) is 2.19. The van der Waals surface area contributed by atoms with Crippen LogP contribution in [0.25, 0.3) is 44.1 Å². The van der Waals surface area contributed by atoms with E-state index < -0.39 is 0 Å². The van der Waals surface area contributed by atoms with Crippen LogP contribution in [-0.4, -0.2) is 15.9 Å². The minimum Gasteiger partial charge on any atom is -0.457 e. The van der Waals surface area contributed by atoms with Crippen molar-refractivity contribution in [3.63, 3.8) is 0 Å². The van der Waals surface area contributed by atoms with E-state index in [4.69, 9.17) is 4.74 Å². The Bertz CT molecular complexity index is 1690. The third-order valence-electron chi connectivity index (χ3n) is 6.29. The van der Waals surface area contributed by atoms with Gasteiger partial charge in [0.2, 0.25) is 0 Å². The molecular weight excluding hydrogens is 444 g/mol. The Labute approximate surface area is 208 Å². The third kappa shape index (κ3) is 4.44. The topological polar surface area (TPSA) is 52.1 Å². The number of carbonyl (C=O) groups excluding carboxylic acids is 1. The Kier molecular flexibility index (Phi) is 5.68. The Hall–Kier alpha value is -4.83. The lowest BCUT2D eigenvalue weighted by Gasteiger charge is -2.08.